The Balaban J connectivity index is 1.90. The average molecular weight is 262 g/mol. The monoisotopic (exact) mass is 262 g/mol. The van der Waals surface area contributed by atoms with Crippen molar-refractivity contribution in [3.8, 4) is 0 Å². The SMILES string of the molecule is Cc1ccc2c(c1)CCN2C(=O)NCCCC(=O)O. The molecule has 5 nitrogen and oxygen atoms in total. The Labute approximate surface area is 112 Å². The van der Waals surface area contributed by atoms with Crippen LogP contribution in [0, 0.1) is 6.92 Å². The summed E-state index contributed by atoms with van der Waals surface area (Å²) in [5, 5.41) is 11.3. The van der Waals surface area contributed by atoms with Gasteiger partial charge < -0.3 is 10.4 Å². The number of hydrogen-bond acceptors (Lipinski definition) is 2. The van der Waals surface area contributed by atoms with Gasteiger partial charge in [-0.2, -0.15) is 0 Å². The quantitative estimate of drug-likeness (QED) is 0.815. The largest absolute Gasteiger partial charge is 0.481 e. The number of carbonyl (C=O) groups excluding carboxylic acids is 1. The van der Waals surface area contributed by atoms with Gasteiger partial charge in [0, 0.05) is 25.2 Å². The first-order valence-electron chi connectivity index (χ1n) is 6.44. The van der Waals surface area contributed by atoms with E-state index in [2.05, 4.69) is 11.4 Å². The number of aryl methyl sites for hydroxylation is 1. The van der Waals surface area contributed by atoms with Gasteiger partial charge in [-0.05, 0) is 31.4 Å². The number of hydrogen-bond donors (Lipinski definition) is 2. The van der Waals surface area contributed by atoms with Crippen LogP contribution < -0.4 is 10.2 Å². The first-order chi connectivity index (χ1) is 9.08. The van der Waals surface area contributed by atoms with Gasteiger partial charge in [0.1, 0.15) is 0 Å². The van der Waals surface area contributed by atoms with Gasteiger partial charge in [0.2, 0.25) is 0 Å². The third-order valence-electron chi connectivity index (χ3n) is 3.22. The van der Waals surface area contributed by atoms with Crippen LogP contribution in [0.5, 0.6) is 0 Å². The summed E-state index contributed by atoms with van der Waals surface area (Å²) in [5.41, 5.74) is 3.35. The summed E-state index contributed by atoms with van der Waals surface area (Å²) in [6.45, 7) is 3.11. The zero-order chi connectivity index (χ0) is 13.8. The van der Waals surface area contributed by atoms with Crippen LogP contribution in [-0.4, -0.2) is 30.2 Å². The summed E-state index contributed by atoms with van der Waals surface area (Å²) in [6, 6.07) is 5.92. The minimum Gasteiger partial charge on any atom is -0.481 e. The summed E-state index contributed by atoms with van der Waals surface area (Å²) >= 11 is 0. The number of carboxylic acid groups (broad SMARTS) is 1. The van der Waals surface area contributed by atoms with E-state index < -0.39 is 5.97 Å². The van der Waals surface area contributed by atoms with Crippen molar-refractivity contribution < 1.29 is 14.7 Å². The van der Waals surface area contributed by atoms with Crippen molar-refractivity contribution in [2.24, 2.45) is 0 Å². The zero-order valence-electron chi connectivity index (χ0n) is 11.0. The van der Waals surface area contributed by atoms with Crippen molar-refractivity contribution in [2.45, 2.75) is 26.2 Å². The van der Waals surface area contributed by atoms with Crippen molar-refractivity contribution >= 4 is 17.7 Å². The lowest BCUT2D eigenvalue weighted by Gasteiger charge is -2.18. The molecule has 0 fully saturated rings. The molecular formula is C14H18N2O3. The number of carboxylic acids is 1. The molecular weight excluding hydrogens is 244 g/mol. The molecule has 0 bridgehead atoms. The van der Waals surface area contributed by atoms with Gasteiger partial charge in [-0.1, -0.05) is 17.7 Å². The molecule has 5 heteroatoms. The van der Waals surface area contributed by atoms with Gasteiger partial charge in [0.05, 0.1) is 0 Å². The molecule has 0 saturated heterocycles. The number of aliphatic carboxylic acids is 1. The molecule has 0 unspecified atom stereocenters. The van der Waals surface area contributed by atoms with E-state index in [1.54, 1.807) is 4.90 Å². The summed E-state index contributed by atoms with van der Waals surface area (Å²) in [5.74, 6) is -0.837. The highest BCUT2D eigenvalue weighted by Gasteiger charge is 2.24. The molecule has 102 valence electrons. The molecule has 2 amide bonds. The van der Waals surface area contributed by atoms with Gasteiger partial charge in [-0.3, -0.25) is 9.69 Å². The number of urea groups is 1. The molecule has 1 aromatic rings. The van der Waals surface area contributed by atoms with E-state index in [9.17, 15) is 9.59 Å². The van der Waals surface area contributed by atoms with Gasteiger partial charge in [-0.15, -0.1) is 0 Å². The Morgan fingerprint density at radius 1 is 1.42 bits per heavy atom. The van der Waals surface area contributed by atoms with E-state index in [0.29, 0.717) is 19.5 Å². The molecule has 0 atom stereocenters. The van der Waals surface area contributed by atoms with Crippen molar-refractivity contribution in [1.82, 2.24) is 5.32 Å². The van der Waals surface area contributed by atoms with E-state index in [-0.39, 0.29) is 12.5 Å². The minimum atomic E-state index is -0.837. The number of amides is 2. The number of carbonyl (C=O) groups is 2. The first-order valence-corrected chi connectivity index (χ1v) is 6.44. The zero-order valence-corrected chi connectivity index (χ0v) is 11.0. The topological polar surface area (TPSA) is 69.6 Å². The molecule has 1 heterocycles. The maximum Gasteiger partial charge on any atom is 0.321 e. The number of fused-ring (bicyclic) bond motifs is 1. The first kappa shape index (κ1) is 13.4. The fourth-order valence-electron chi connectivity index (χ4n) is 2.27. The van der Waals surface area contributed by atoms with Crippen LogP contribution in [0.3, 0.4) is 0 Å². The molecule has 19 heavy (non-hydrogen) atoms. The molecule has 1 aromatic carbocycles. The molecule has 1 aliphatic heterocycles. The van der Waals surface area contributed by atoms with Crippen LogP contribution >= 0.6 is 0 Å². The van der Waals surface area contributed by atoms with Gasteiger partial charge >= 0.3 is 12.0 Å². The normalized spacial score (nSPS) is 13.2. The van der Waals surface area contributed by atoms with Crippen molar-refractivity contribution in [2.75, 3.05) is 18.0 Å². The maximum absolute atomic E-state index is 12.0. The third-order valence-corrected chi connectivity index (χ3v) is 3.22. The highest BCUT2D eigenvalue weighted by molar-refractivity contribution is 5.94. The molecule has 0 aliphatic carbocycles. The van der Waals surface area contributed by atoms with Crippen LogP contribution in [-0.2, 0) is 11.2 Å². The smallest absolute Gasteiger partial charge is 0.321 e. The summed E-state index contributed by atoms with van der Waals surface area (Å²) in [7, 11) is 0. The Morgan fingerprint density at radius 2 is 2.21 bits per heavy atom. The second kappa shape index (κ2) is 5.73. The van der Waals surface area contributed by atoms with Crippen LogP contribution in [0.4, 0.5) is 10.5 Å². The third kappa shape index (κ3) is 3.24. The van der Waals surface area contributed by atoms with Gasteiger partial charge in [0.25, 0.3) is 0 Å². The summed E-state index contributed by atoms with van der Waals surface area (Å²) in [4.78, 5) is 24.1. The lowest BCUT2D eigenvalue weighted by atomic mass is 10.1. The molecule has 2 N–H and O–H groups in total. The summed E-state index contributed by atoms with van der Waals surface area (Å²) < 4.78 is 0. The summed E-state index contributed by atoms with van der Waals surface area (Å²) in [6.07, 6.45) is 1.41. The fourth-order valence-corrected chi connectivity index (χ4v) is 2.27. The minimum absolute atomic E-state index is 0.0794. The molecule has 0 spiro atoms. The van der Waals surface area contributed by atoms with E-state index >= 15 is 0 Å². The maximum atomic E-state index is 12.0. The van der Waals surface area contributed by atoms with E-state index in [0.717, 1.165) is 12.1 Å². The standard InChI is InChI=1S/C14H18N2O3/c1-10-4-5-12-11(9-10)6-8-16(12)14(19)15-7-2-3-13(17)18/h4-5,9H,2-3,6-8H2,1H3,(H,15,19)(H,17,18). The number of nitrogens with one attached hydrogen (secondary N) is 1. The van der Waals surface area contributed by atoms with Crippen LogP contribution in [0.15, 0.2) is 18.2 Å². The van der Waals surface area contributed by atoms with Crippen LogP contribution in [0.25, 0.3) is 0 Å². The predicted octanol–water partition coefficient (Wildman–Crippen LogP) is 1.93. The van der Waals surface area contributed by atoms with E-state index in [4.69, 9.17) is 5.11 Å². The van der Waals surface area contributed by atoms with Crippen LogP contribution in [0.2, 0.25) is 0 Å². The van der Waals surface area contributed by atoms with Crippen molar-refractivity contribution in [3.05, 3.63) is 29.3 Å². The second-order valence-electron chi connectivity index (χ2n) is 4.76. The lowest BCUT2D eigenvalue weighted by molar-refractivity contribution is -0.137. The Hall–Kier alpha value is -2.04. The Bertz CT molecular complexity index is 499. The molecule has 0 aromatic heterocycles. The van der Waals surface area contributed by atoms with E-state index in [1.807, 2.05) is 19.1 Å². The second-order valence-corrected chi connectivity index (χ2v) is 4.76. The van der Waals surface area contributed by atoms with E-state index in [1.165, 1.54) is 11.1 Å². The molecule has 2 rings (SSSR count). The van der Waals surface area contributed by atoms with Crippen LogP contribution in [0.1, 0.15) is 24.0 Å². The van der Waals surface area contributed by atoms with Crippen molar-refractivity contribution in [1.29, 1.82) is 0 Å². The number of anilines is 1. The highest BCUT2D eigenvalue weighted by Crippen LogP contribution is 2.28. The number of nitrogens with zero attached hydrogens (tertiary/aromatic N) is 1. The molecule has 0 radical (unpaired) electrons. The molecule has 0 saturated carbocycles. The average Bonchev–Trinajstić information content (AvgIpc) is 2.77. The number of benzene rings is 1. The fraction of sp³-hybridized carbons (Fsp3) is 0.429. The highest BCUT2D eigenvalue weighted by atomic mass is 16.4. The Morgan fingerprint density at radius 3 is 2.95 bits per heavy atom. The Kier molecular flexibility index (Phi) is 4.04. The molecule has 1 aliphatic rings. The predicted molar refractivity (Wildman–Crippen MR) is 72.5 cm³/mol. The van der Waals surface area contributed by atoms with Crippen molar-refractivity contribution in [3.63, 3.8) is 0 Å². The lowest BCUT2D eigenvalue weighted by Crippen LogP contribution is -2.39. The van der Waals surface area contributed by atoms with Gasteiger partial charge in [-0.25, -0.2) is 4.79 Å². The number of rotatable bonds is 4. The van der Waals surface area contributed by atoms with Gasteiger partial charge in [0.15, 0.2) is 0 Å².